The molecule has 0 aliphatic carbocycles. The zero-order chi connectivity index (χ0) is 14.6. The topological polar surface area (TPSA) is 73.4 Å². The van der Waals surface area contributed by atoms with Crippen LogP contribution in [0.3, 0.4) is 0 Å². The summed E-state index contributed by atoms with van der Waals surface area (Å²) in [6.45, 7) is 5.53. The van der Waals surface area contributed by atoms with E-state index in [4.69, 9.17) is 5.11 Å². The Balaban J connectivity index is 3.23. The molecule has 0 aliphatic heterocycles. The van der Waals surface area contributed by atoms with Gasteiger partial charge in [0, 0.05) is 24.8 Å². The fourth-order valence-corrected chi connectivity index (χ4v) is 2.28. The summed E-state index contributed by atoms with van der Waals surface area (Å²) < 4.78 is 0. The minimum Gasteiger partial charge on any atom is -0.395 e. The van der Waals surface area contributed by atoms with Crippen LogP contribution in [-0.4, -0.2) is 46.9 Å². The van der Waals surface area contributed by atoms with Gasteiger partial charge in [-0.1, -0.05) is 13.3 Å². The van der Waals surface area contributed by atoms with E-state index >= 15 is 0 Å². The summed E-state index contributed by atoms with van der Waals surface area (Å²) in [7, 11) is 1.64. The van der Waals surface area contributed by atoms with Crippen LogP contribution < -0.4 is 0 Å². The lowest BCUT2D eigenvalue weighted by Crippen LogP contribution is -2.30. The lowest BCUT2D eigenvalue weighted by molar-refractivity contribution is 0.0760. The Morgan fingerprint density at radius 2 is 2.00 bits per heavy atom. The van der Waals surface area contributed by atoms with E-state index in [-0.39, 0.29) is 24.8 Å². The van der Waals surface area contributed by atoms with Crippen molar-refractivity contribution in [2.45, 2.75) is 33.6 Å². The maximum Gasteiger partial charge on any atom is 0.270 e. The fraction of sp³-hybridized carbons (Fsp3) is 0.571. The predicted octanol–water partition coefficient (Wildman–Crippen LogP) is 1.54. The molecule has 1 heterocycles. The molecule has 0 fully saturated rings. The molecule has 0 spiro atoms. The summed E-state index contributed by atoms with van der Waals surface area (Å²) in [5.41, 5.74) is 2.63. The van der Waals surface area contributed by atoms with Crippen LogP contribution in [0.15, 0.2) is 0 Å². The molecular weight excluding hydrogens is 244 g/mol. The van der Waals surface area contributed by atoms with Gasteiger partial charge in [0.05, 0.1) is 6.61 Å². The number of hydrogen-bond acceptors (Lipinski definition) is 3. The lowest BCUT2D eigenvalue weighted by Gasteiger charge is -2.16. The van der Waals surface area contributed by atoms with Gasteiger partial charge >= 0.3 is 0 Å². The number of aromatic amines is 1. The highest BCUT2D eigenvalue weighted by atomic mass is 16.3. The number of hydrogen-bond donors (Lipinski definition) is 2. The molecule has 19 heavy (non-hydrogen) atoms. The van der Waals surface area contributed by atoms with Crippen LogP contribution >= 0.6 is 0 Å². The van der Waals surface area contributed by atoms with Gasteiger partial charge in [-0.2, -0.15) is 0 Å². The van der Waals surface area contributed by atoms with Crippen molar-refractivity contribution in [3.8, 4) is 0 Å². The van der Waals surface area contributed by atoms with Gasteiger partial charge in [0.25, 0.3) is 5.91 Å². The summed E-state index contributed by atoms with van der Waals surface area (Å²) in [6, 6.07) is 0. The smallest absolute Gasteiger partial charge is 0.270 e. The average molecular weight is 266 g/mol. The van der Waals surface area contributed by atoms with Crippen LogP contribution in [0.1, 0.15) is 52.4 Å². The third-order valence-electron chi connectivity index (χ3n) is 3.14. The standard InChI is InChI=1S/C14H22N2O3/c1-5-6-11-12(10(3)18)9(2)15-13(11)14(19)16(4)7-8-17/h15,17H,5-8H2,1-4H3. The van der Waals surface area contributed by atoms with E-state index in [9.17, 15) is 9.59 Å². The summed E-state index contributed by atoms with van der Waals surface area (Å²) in [4.78, 5) is 28.5. The Kier molecular flexibility index (Phi) is 5.30. The molecule has 0 bridgehead atoms. The number of nitrogens with one attached hydrogen (secondary N) is 1. The number of H-pyrrole nitrogens is 1. The number of likely N-dealkylation sites (N-methyl/N-ethyl adjacent to an activating group) is 1. The fourth-order valence-electron chi connectivity index (χ4n) is 2.28. The van der Waals surface area contributed by atoms with Crippen molar-refractivity contribution >= 4 is 11.7 Å². The number of aromatic nitrogens is 1. The summed E-state index contributed by atoms with van der Waals surface area (Å²) in [6.07, 6.45) is 1.55. The second kappa shape index (κ2) is 6.52. The zero-order valence-electron chi connectivity index (χ0n) is 12.0. The number of carbonyl (C=O) groups is 2. The first-order valence-electron chi connectivity index (χ1n) is 6.52. The molecule has 0 saturated carbocycles. The predicted molar refractivity (Wildman–Crippen MR) is 73.6 cm³/mol. The minimum absolute atomic E-state index is 0.0268. The number of nitrogens with zero attached hydrogens (tertiary/aromatic N) is 1. The van der Waals surface area contributed by atoms with Crippen molar-refractivity contribution in [1.29, 1.82) is 0 Å². The molecule has 0 radical (unpaired) electrons. The number of aliphatic hydroxyl groups excluding tert-OH is 1. The van der Waals surface area contributed by atoms with Crippen LogP contribution in [0.2, 0.25) is 0 Å². The van der Waals surface area contributed by atoms with E-state index in [1.165, 1.54) is 11.8 Å². The summed E-state index contributed by atoms with van der Waals surface area (Å²) >= 11 is 0. The molecule has 5 nitrogen and oxygen atoms in total. The maximum absolute atomic E-state index is 12.3. The second-order valence-electron chi connectivity index (χ2n) is 4.74. The van der Waals surface area contributed by atoms with Crippen LogP contribution in [0, 0.1) is 6.92 Å². The highest BCUT2D eigenvalue weighted by Gasteiger charge is 2.23. The average Bonchev–Trinajstić information content (AvgIpc) is 2.66. The molecule has 1 aromatic rings. The Hall–Kier alpha value is -1.62. The number of Topliss-reactive ketones (excluding diaryl/α,β-unsaturated/α-hetero) is 1. The van der Waals surface area contributed by atoms with Crippen LogP contribution in [-0.2, 0) is 6.42 Å². The molecule has 0 saturated heterocycles. The number of carbonyl (C=O) groups excluding carboxylic acids is 2. The quantitative estimate of drug-likeness (QED) is 0.767. The van der Waals surface area contributed by atoms with E-state index < -0.39 is 0 Å². The normalized spacial score (nSPS) is 10.6. The first-order chi connectivity index (χ1) is 8.93. The number of ketones is 1. The number of rotatable bonds is 6. The van der Waals surface area contributed by atoms with Gasteiger partial charge in [-0.3, -0.25) is 9.59 Å². The van der Waals surface area contributed by atoms with E-state index in [1.807, 2.05) is 6.92 Å². The number of aryl methyl sites for hydroxylation is 1. The third-order valence-corrected chi connectivity index (χ3v) is 3.14. The highest BCUT2D eigenvalue weighted by molar-refractivity contribution is 6.02. The Labute approximate surface area is 113 Å². The molecule has 1 amide bonds. The van der Waals surface area contributed by atoms with E-state index in [1.54, 1.807) is 14.0 Å². The van der Waals surface area contributed by atoms with Gasteiger partial charge in [0.15, 0.2) is 5.78 Å². The van der Waals surface area contributed by atoms with Crippen molar-refractivity contribution in [2.75, 3.05) is 20.2 Å². The molecule has 106 valence electrons. The number of aliphatic hydroxyl groups is 1. The van der Waals surface area contributed by atoms with E-state index in [2.05, 4.69) is 4.98 Å². The van der Waals surface area contributed by atoms with Crippen molar-refractivity contribution in [1.82, 2.24) is 9.88 Å². The molecule has 0 atom stereocenters. The molecular formula is C14H22N2O3. The molecule has 0 aromatic carbocycles. The Morgan fingerprint density at radius 1 is 1.37 bits per heavy atom. The Morgan fingerprint density at radius 3 is 2.47 bits per heavy atom. The SMILES string of the molecule is CCCc1c(C(=O)N(C)CCO)[nH]c(C)c1C(C)=O. The second-order valence-corrected chi connectivity index (χ2v) is 4.74. The van der Waals surface area contributed by atoms with Gasteiger partial charge in [0.1, 0.15) is 5.69 Å². The lowest BCUT2D eigenvalue weighted by atomic mass is 10.0. The largest absolute Gasteiger partial charge is 0.395 e. The van der Waals surface area contributed by atoms with Crippen molar-refractivity contribution in [2.24, 2.45) is 0 Å². The molecule has 0 aliphatic rings. The van der Waals surface area contributed by atoms with Gasteiger partial charge in [-0.05, 0) is 25.8 Å². The van der Waals surface area contributed by atoms with Crippen LogP contribution in [0.5, 0.6) is 0 Å². The molecule has 1 aromatic heterocycles. The van der Waals surface area contributed by atoms with Crippen molar-refractivity contribution in [3.63, 3.8) is 0 Å². The minimum atomic E-state index is -0.187. The first-order valence-corrected chi connectivity index (χ1v) is 6.52. The monoisotopic (exact) mass is 266 g/mol. The van der Waals surface area contributed by atoms with Gasteiger partial charge in [-0.25, -0.2) is 0 Å². The summed E-state index contributed by atoms with van der Waals surface area (Å²) in [5.74, 6) is -0.214. The summed E-state index contributed by atoms with van der Waals surface area (Å²) in [5, 5.41) is 8.89. The van der Waals surface area contributed by atoms with Crippen molar-refractivity contribution in [3.05, 3.63) is 22.5 Å². The molecule has 2 N–H and O–H groups in total. The van der Waals surface area contributed by atoms with Gasteiger partial charge in [0.2, 0.25) is 0 Å². The first kappa shape index (κ1) is 15.4. The maximum atomic E-state index is 12.3. The van der Waals surface area contributed by atoms with E-state index in [0.717, 1.165) is 17.7 Å². The van der Waals surface area contributed by atoms with Gasteiger partial charge < -0.3 is 15.0 Å². The third kappa shape index (κ3) is 3.23. The molecule has 5 heteroatoms. The zero-order valence-corrected chi connectivity index (χ0v) is 12.0. The Bertz CT molecular complexity index is 477. The van der Waals surface area contributed by atoms with Crippen LogP contribution in [0.4, 0.5) is 0 Å². The molecule has 0 unspecified atom stereocenters. The molecule has 1 rings (SSSR count). The van der Waals surface area contributed by atoms with E-state index in [0.29, 0.717) is 17.7 Å². The number of amides is 1. The van der Waals surface area contributed by atoms with Crippen LogP contribution in [0.25, 0.3) is 0 Å². The van der Waals surface area contributed by atoms with Gasteiger partial charge in [-0.15, -0.1) is 0 Å². The van der Waals surface area contributed by atoms with Crippen molar-refractivity contribution < 1.29 is 14.7 Å². The highest BCUT2D eigenvalue weighted by Crippen LogP contribution is 2.22.